The molecule has 4 rings (SSSR count). The first-order valence-corrected chi connectivity index (χ1v) is 11.1. The van der Waals surface area contributed by atoms with Gasteiger partial charge in [-0.2, -0.15) is 5.10 Å². The summed E-state index contributed by atoms with van der Waals surface area (Å²) < 4.78 is 28.5. The van der Waals surface area contributed by atoms with Crippen molar-refractivity contribution < 1.29 is 18.7 Å². The van der Waals surface area contributed by atoms with Crippen LogP contribution in [0.3, 0.4) is 0 Å². The van der Waals surface area contributed by atoms with Crippen LogP contribution in [0.5, 0.6) is 11.5 Å². The molecule has 0 bridgehead atoms. The summed E-state index contributed by atoms with van der Waals surface area (Å²) in [5.74, 6) is 0.472. The Hall–Kier alpha value is -4.08. The van der Waals surface area contributed by atoms with Gasteiger partial charge in [0.05, 0.1) is 20.3 Å². The number of amides is 2. The highest BCUT2D eigenvalue weighted by molar-refractivity contribution is 6.15. The van der Waals surface area contributed by atoms with Gasteiger partial charge in [-0.15, -0.1) is 0 Å². The summed E-state index contributed by atoms with van der Waals surface area (Å²) >= 11 is 0. The van der Waals surface area contributed by atoms with Crippen molar-refractivity contribution in [3.05, 3.63) is 65.2 Å². The number of carbonyl (C=O) groups is 1. The average Bonchev–Trinajstić information content (AvgIpc) is 3.23. The number of anilines is 2. The maximum Gasteiger partial charge on any atom is 0.337 e. The smallest absolute Gasteiger partial charge is 0.337 e. The van der Waals surface area contributed by atoms with Crippen LogP contribution in [-0.2, 0) is 13.5 Å². The molecule has 10 heteroatoms. The van der Waals surface area contributed by atoms with Crippen molar-refractivity contribution in [3.8, 4) is 11.5 Å². The van der Waals surface area contributed by atoms with Crippen LogP contribution in [0.15, 0.2) is 47.8 Å². The molecule has 1 aromatic heterocycles. The first-order valence-electron chi connectivity index (χ1n) is 11.1. The summed E-state index contributed by atoms with van der Waals surface area (Å²) in [6.45, 7) is 1.87. The zero-order valence-corrected chi connectivity index (χ0v) is 20.7. The molecule has 184 valence electrons. The van der Waals surface area contributed by atoms with E-state index in [1.165, 1.54) is 26.3 Å². The number of aryl methyl sites for hydroxylation is 1. The van der Waals surface area contributed by atoms with E-state index in [0.717, 1.165) is 11.6 Å². The van der Waals surface area contributed by atoms with E-state index < -0.39 is 5.82 Å². The number of rotatable bonds is 5. The highest BCUT2D eigenvalue weighted by Crippen LogP contribution is 2.38. The predicted molar refractivity (Wildman–Crippen MR) is 132 cm³/mol. The van der Waals surface area contributed by atoms with Gasteiger partial charge in [-0.3, -0.25) is 0 Å². The Labute approximate surface area is 203 Å². The van der Waals surface area contributed by atoms with Crippen molar-refractivity contribution >= 4 is 23.4 Å². The van der Waals surface area contributed by atoms with Crippen molar-refractivity contribution in [2.45, 2.75) is 19.4 Å². The summed E-state index contributed by atoms with van der Waals surface area (Å²) in [6, 6.07) is 8.56. The number of methoxy groups -OCH3 is 2. The monoisotopic (exact) mass is 480 g/mol. The third-order valence-corrected chi connectivity index (χ3v) is 6.12. The highest BCUT2D eigenvalue weighted by atomic mass is 19.1. The molecule has 0 fully saturated rings. The number of ether oxygens (including phenoxy) is 2. The Bertz CT molecular complexity index is 1270. The Morgan fingerprint density at radius 1 is 1.23 bits per heavy atom. The van der Waals surface area contributed by atoms with E-state index in [4.69, 9.17) is 9.47 Å². The number of nitrogens with one attached hydrogen (secondary N) is 1. The molecule has 2 amide bonds. The molecule has 2 aromatic carbocycles. The summed E-state index contributed by atoms with van der Waals surface area (Å²) in [5.41, 5.74) is 2.83. The zero-order chi connectivity index (χ0) is 25.3. The van der Waals surface area contributed by atoms with Gasteiger partial charge in [-0.25, -0.2) is 19.2 Å². The van der Waals surface area contributed by atoms with Gasteiger partial charge in [0.1, 0.15) is 5.71 Å². The lowest BCUT2D eigenvalue weighted by Crippen LogP contribution is -2.41. The molecule has 1 aliphatic rings. The van der Waals surface area contributed by atoms with E-state index in [1.807, 2.05) is 60.9 Å². The third-order valence-electron chi connectivity index (χ3n) is 6.12. The predicted octanol–water partition coefficient (Wildman–Crippen LogP) is 3.68. The quantitative estimate of drug-likeness (QED) is 0.602. The van der Waals surface area contributed by atoms with E-state index in [2.05, 4.69) is 15.4 Å². The van der Waals surface area contributed by atoms with Crippen LogP contribution in [0.4, 0.5) is 20.8 Å². The van der Waals surface area contributed by atoms with Gasteiger partial charge in [0.2, 0.25) is 5.95 Å². The van der Waals surface area contributed by atoms with Crippen molar-refractivity contribution in [3.63, 3.8) is 0 Å². The first-order chi connectivity index (χ1) is 16.8. The maximum absolute atomic E-state index is 15.9. The van der Waals surface area contributed by atoms with E-state index in [0.29, 0.717) is 23.3 Å². The minimum absolute atomic E-state index is 0.00821. The molecule has 1 N–H and O–H groups in total. The van der Waals surface area contributed by atoms with Gasteiger partial charge in [0.15, 0.2) is 17.3 Å². The van der Waals surface area contributed by atoms with E-state index in [9.17, 15) is 4.79 Å². The minimum atomic E-state index is -0.583. The molecule has 0 spiro atoms. The second-order valence-electron chi connectivity index (χ2n) is 8.31. The number of carbonyl (C=O) groups excluding carboxylic acids is 1. The Morgan fingerprint density at radius 3 is 2.51 bits per heavy atom. The Morgan fingerprint density at radius 2 is 1.94 bits per heavy atom. The molecule has 1 unspecified atom stereocenters. The molecule has 0 radical (unpaired) electrons. The van der Waals surface area contributed by atoms with Crippen molar-refractivity contribution in [2.75, 3.05) is 33.2 Å². The summed E-state index contributed by atoms with van der Waals surface area (Å²) in [5, 5.41) is 8.61. The average molecular weight is 481 g/mol. The number of aromatic nitrogens is 2. The van der Waals surface area contributed by atoms with Crippen LogP contribution in [-0.4, -0.2) is 60.7 Å². The number of nitrogens with zero attached hydrogens (tertiary/aromatic N) is 5. The molecule has 3 aromatic rings. The molecule has 1 aliphatic heterocycles. The van der Waals surface area contributed by atoms with Gasteiger partial charge in [0, 0.05) is 50.4 Å². The lowest BCUT2D eigenvalue weighted by Gasteiger charge is -2.22. The number of hydrazone groups is 1. The molecule has 0 saturated heterocycles. The number of benzene rings is 2. The van der Waals surface area contributed by atoms with E-state index in [1.54, 1.807) is 12.3 Å². The normalized spacial score (nSPS) is 15.1. The zero-order valence-electron chi connectivity index (χ0n) is 20.7. The van der Waals surface area contributed by atoms with Gasteiger partial charge in [0.25, 0.3) is 0 Å². The Kier molecular flexibility index (Phi) is 6.63. The maximum atomic E-state index is 15.9. The largest absolute Gasteiger partial charge is 0.493 e. The number of imidazole rings is 1. The topological polar surface area (TPSA) is 84.2 Å². The van der Waals surface area contributed by atoms with Crippen LogP contribution in [0.1, 0.15) is 23.6 Å². The number of hydrogen-bond donors (Lipinski definition) is 1. The summed E-state index contributed by atoms with van der Waals surface area (Å²) in [4.78, 5) is 19.0. The van der Waals surface area contributed by atoms with Gasteiger partial charge in [-0.1, -0.05) is 12.1 Å². The van der Waals surface area contributed by atoms with Crippen LogP contribution in [0, 0.1) is 5.82 Å². The molecular weight excluding hydrogens is 451 g/mol. The van der Waals surface area contributed by atoms with Crippen molar-refractivity contribution in [1.29, 1.82) is 0 Å². The number of fused-ring (bicyclic) bond motifs is 1. The molecule has 0 aliphatic carbocycles. The number of halogens is 1. The fourth-order valence-electron chi connectivity index (χ4n) is 4.28. The lowest BCUT2D eigenvalue weighted by molar-refractivity contribution is 0.184. The first kappa shape index (κ1) is 24.1. The Balaban J connectivity index is 1.86. The fourth-order valence-corrected chi connectivity index (χ4v) is 4.28. The fraction of sp³-hybridized carbons (Fsp3) is 0.320. The third kappa shape index (κ3) is 4.27. The molecule has 35 heavy (non-hydrogen) atoms. The van der Waals surface area contributed by atoms with Crippen LogP contribution < -0.4 is 19.7 Å². The molecular formula is C25H29FN6O3. The SMILES string of the molecule is CNC(=O)N1N=C(c2ccc(N(C)c3nccn3C)cc2)c2c(cc(OC)c(OC)c2F)CC1C. The second kappa shape index (κ2) is 9.65. The summed E-state index contributed by atoms with van der Waals surface area (Å²) in [7, 11) is 8.23. The van der Waals surface area contributed by atoms with Gasteiger partial charge in [-0.05, 0) is 37.1 Å². The van der Waals surface area contributed by atoms with E-state index >= 15 is 4.39 Å². The van der Waals surface area contributed by atoms with Crippen LogP contribution >= 0.6 is 0 Å². The van der Waals surface area contributed by atoms with Crippen molar-refractivity contribution in [2.24, 2.45) is 12.1 Å². The molecule has 0 saturated carbocycles. The van der Waals surface area contributed by atoms with Gasteiger partial charge >= 0.3 is 6.03 Å². The second-order valence-corrected chi connectivity index (χ2v) is 8.31. The van der Waals surface area contributed by atoms with Gasteiger partial charge < -0.3 is 24.3 Å². The lowest BCUT2D eigenvalue weighted by atomic mass is 9.93. The van der Waals surface area contributed by atoms with Crippen LogP contribution in [0.2, 0.25) is 0 Å². The van der Waals surface area contributed by atoms with Crippen LogP contribution in [0.25, 0.3) is 0 Å². The summed E-state index contributed by atoms with van der Waals surface area (Å²) in [6.07, 6.45) is 3.99. The number of urea groups is 1. The highest BCUT2D eigenvalue weighted by Gasteiger charge is 2.31. The van der Waals surface area contributed by atoms with E-state index in [-0.39, 0.29) is 29.1 Å². The molecule has 9 nitrogen and oxygen atoms in total. The minimum Gasteiger partial charge on any atom is -0.493 e. The molecule has 2 heterocycles. The molecule has 1 atom stereocenters. The number of hydrogen-bond acceptors (Lipinski definition) is 6. The van der Waals surface area contributed by atoms with Crippen molar-refractivity contribution in [1.82, 2.24) is 19.9 Å². The standard InChI is InChI=1S/C25H29FN6O3/c1-15-13-17-14-19(34-5)23(35-6)21(26)20(17)22(29-32(15)25(33)27-2)16-7-9-18(10-8-16)31(4)24-28-11-12-30(24)3/h7-12,14-15H,13H2,1-6H3,(H,27,33).